The summed E-state index contributed by atoms with van der Waals surface area (Å²) < 4.78 is 24.2. The van der Waals surface area contributed by atoms with E-state index in [4.69, 9.17) is 5.11 Å². The van der Waals surface area contributed by atoms with Gasteiger partial charge in [0.2, 0.25) is 15.9 Å². The monoisotopic (exact) mass is 264 g/mol. The molecule has 0 radical (unpaired) electrons. The number of carboxylic acids is 1. The van der Waals surface area contributed by atoms with Crippen molar-refractivity contribution in [2.24, 2.45) is 5.41 Å². The molecule has 0 bridgehead atoms. The number of carbonyl (C=O) groups excluding carboxylic acids is 1. The molecule has 1 aliphatic carbocycles. The molecule has 3 N–H and O–H groups in total. The first kappa shape index (κ1) is 13.9. The van der Waals surface area contributed by atoms with Crippen molar-refractivity contribution in [1.82, 2.24) is 10.0 Å². The average Bonchev–Trinajstić information content (AvgIpc) is 2.15. The Labute approximate surface area is 99.6 Å². The predicted octanol–water partition coefficient (Wildman–Crippen LogP) is -1.09. The molecule has 0 saturated heterocycles. The summed E-state index contributed by atoms with van der Waals surface area (Å²) >= 11 is 0. The molecule has 0 unspecified atom stereocenters. The van der Waals surface area contributed by atoms with Gasteiger partial charge in [0.05, 0.1) is 5.75 Å². The summed E-state index contributed by atoms with van der Waals surface area (Å²) in [6, 6.07) is 0. The first-order chi connectivity index (χ1) is 7.84. The van der Waals surface area contributed by atoms with E-state index in [1.54, 1.807) is 0 Å². The van der Waals surface area contributed by atoms with E-state index in [0.717, 1.165) is 0 Å². The number of rotatable bonds is 6. The van der Waals surface area contributed by atoms with Crippen LogP contribution in [-0.4, -0.2) is 44.7 Å². The second-order valence-electron chi connectivity index (χ2n) is 4.02. The smallest absolute Gasteiger partial charge is 0.319 e. The van der Waals surface area contributed by atoms with Gasteiger partial charge in [-0.2, -0.15) is 0 Å². The van der Waals surface area contributed by atoms with Gasteiger partial charge >= 0.3 is 5.97 Å². The number of amides is 1. The van der Waals surface area contributed by atoms with Gasteiger partial charge in [-0.1, -0.05) is 6.42 Å². The highest BCUT2D eigenvalue weighted by Gasteiger charge is 2.50. The van der Waals surface area contributed by atoms with Crippen molar-refractivity contribution in [2.45, 2.75) is 19.3 Å². The van der Waals surface area contributed by atoms with Gasteiger partial charge in [0.15, 0.2) is 0 Å². The third-order valence-electron chi connectivity index (χ3n) is 3.02. The molecule has 0 aromatic heterocycles. The van der Waals surface area contributed by atoms with Crippen LogP contribution < -0.4 is 10.0 Å². The van der Waals surface area contributed by atoms with Gasteiger partial charge in [-0.05, 0) is 19.9 Å². The summed E-state index contributed by atoms with van der Waals surface area (Å²) in [7, 11) is -2.10. The molecule has 1 saturated carbocycles. The number of aliphatic carboxylic acids is 1. The molecule has 1 aliphatic rings. The molecule has 7 nitrogen and oxygen atoms in total. The number of nitrogens with one attached hydrogen (secondary N) is 2. The van der Waals surface area contributed by atoms with E-state index in [1.807, 2.05) is 0 Å². The van der Waals surface area contributed by atoms with Crippen LogP contribution in [0.2, 0.25) is 0 Å². The van der Waals surface area contributed by atoms with E-state index in [0.29, 0.717) is 19.3 Å². The predicted molar refractivity (Wildman–Crippen MR) is 59.8 cm³/mol. The molecule has 0 atom stereocenters. The van der Waals surface area contributed by atoms with E-state index in [-0.39, 0.29) is 12.3 Å². The van der Waals surface area contributed by atoms with Crippen molar-refractivity contribution in [3.8, 4) is 0 Å². The Kier molecular flexibility index (Phi) is 4.10. The fourth-order valence-electron chi connectivity index (χ4n) is 1.64. The SMILES string of the molecule is CNS(=O)(=O)CCNC(=O)C1(C(=O)O)CCC1. The number of carbonyl (C=O) groups is 2. The van der Waals surface area contributed by atoms with Crippen molar-refractivity contribution in [3.63, 3.8) is 0 Å². The maximum atomic E-state index is 11.7. The Hall–Kier alpha value is -1.15. The third kappa shape index (κ3) is 2.95. The lowest BCUT2D eigenvalue weighted by Gasteiger charge is -2.35. The summed E-state index contributed by atoms with van der Waals surface area (Å²) in [5.41, 5.74) is -1.34. The highest BCUT2D eigenvalue weighted by Crippen LogP contribution is 2.41. The topological polar surface area (TPSA) is 113 Å². The zero-order valence-corrected chi connectivity index (χ0v) is 10.3. The fraction of sp³-hybridized carbons (Fsp3) is 0.778. The molecule has 0 aromatic carbocycles. The summed E-state index contributed by atoms with van der Waals surface area (Å²) in [5, 5.41) is 11.3. The highest BCUT2D eigenvalue weighted by molar-refractivity contribution is 7.89. The molecule has 0 heterocycles. The van der Waals surface area contributed by atoms with Gasteiger partial charge in [-0.15, -0.1) is 0 Å². The van der Waals surface area contributed by atoms with Crippen molar-refractivity contribution in [1.29, 1.82) is 0 Å². The first-order valence-electron chi connectivity index (χ1n) is 5.27. The number of carboxylic acid groups (broad SMARTS) is 1. The lowest BCUT2D eigenvalue weighted by Crippen LogP contribution is -2.51. The lowest BCUT2D eigenvalue weighted by atomic mass is 9.68. The summed E-state index contributed by atoms with van der Waals surface area (Å²) in [5.74, 6) is -1.99. The highest BCUT2D eigenvalue weighted by atomic mass is 32.2. The van der Waals surface area contributed by atoms with Crippen LogP contribution in [0.15, 0.2) is 0 Å². The first-order valence-corrected chi connectivity index (χ1v) is 6.92. The molecule has 8 heteroatoms. The average molecular weight is 264 g/mol. The number of sulfonamides is 1. The molecule has 1 fully saturated rings. The maximum absolute atomic E-state index is 11.7. The van der Waals surface area contributed by atoms with Gasteiger partial charge in [-0.3, -0.25) is 9.59 Å². The van der Waals surface area contributed by atoms with Crippen LogP contribution in [0.25, 0.3) is 0 Å². The summed E-state index contributed by atoms with van der Waals surface area (Å²) in [6.45, 7) is -0.0863. The number of hydrogen-bond donors (Lipinski definition) is 3. The maximum Gasteiger partial charge on any atom is 0.319 e. The lowest BCUT2D eigenvalue weighted by molar-refractivity contribution is -0.162. The van der Waals surface area contributed by atoms with Gasteiger partial charge in [0, 0.05) is 6.54 Å². The van der Waals surface area contributed by atoms with E-state index < -0.39 is 27.3 Å². The Morgan fingerprint density at radius 1 is 1.35 bits per heavy atom. The Balaban J connectivity index is 2.48. The molecule has 0 spiro atoms. The second-order valence-corrected chi connectivity index (χ2v) is 6.07. The zero-order valence-electron chi connectivity index (χ0n) is 9.52. The van der Waals surface area contributed by atoms with Crippen LogP contribution in [0, 0.1) is 5.41 Å². The molecule has 17 heavy (non-hydrogen) atoms. The van der Waals surface area contributed by atoms with Crippen molar-refractivity contribution >= 4 is 21.9 Å². The van der Waals surface area contributed by atoms with Crippen molar-refractivity contribution < 1.29 is 23.1 Å². The van der Waals surface area contributed by atoms with E-state index in [2.05, 4.69) is 10.0 Å². The zero-order chi connectivity index (χ0) is 13.1. The van der Waals surface area contributed by atoms with Gasteiger partial charge in [0.1, 0.15) is 5.41 Å². The molecule has 0 aromatic rings. The number of hydrogen-bond acceptors (Lipinski definition) is 4. The molecule has 1 rings (SSSR count). The van der Waals surface area contributed by atoms with Crippen LogP contribution in [0.1, 0.15) is 19.3 Å². The third-order valence-corrected chi connectivity index (χ3v) is 4.38. The quantitative estimate of drug-likeness (QED) is 0.527. The van der Waals surface area contributed by atoms with Gasteiger partial charge in [-0.25, -0.2) is 13.1 Å². The second kappa shape index (κ2) is 5.01. The fourth-order valence-corrected chi connectivity index (χ4v) is 2.21. The summed E-state index contributed by atoms with van der Waals surface area (Å²) in [6.07, 6.45) is 1.33. The Bertz CT molecular complexity index is 413. The minimum atomic E-state index is -3.38. The minimum Gasteiger partial charge on any atom is -0.480 e. The van der Waals surface area contributed by atoms with Crippen molar-refractivity contribution in [3.05, 3.63) is 0 Å². The van der Waals surface area contributed by atoms with E-state index >= 15 is 0 Å². The minimum absolute atomic E-state index is 0.0863. The molecular formula is C9H16N2O5S. The Morgan fingerprint density at radius 2 is 1.94 bits per heavy atom. The standard InChI is InChI=1S/C9H16N2O5S/c1-10-17(15,16)6-5-11-7(12)9(8(13)14)3-2-4-9/h10H,2-6H2,1H3,(H,11,12)(H,13,14). The summed E-state index contributed by atoms with van der Waals surface area (Å²) in [4.78, 5) is 22.6. The van der Waals surface area contributed by atoms with Gasteiger partial charge < -0.3 is 10.4 Å². The van der Waals surface area contributed by atoms with Gasteiger partial charge in [0.25, 0.3) is 0 Å². The Morgan fingerprint density at radius 3 is 2.29 bits per heavy atom. The molecule has 98 valence electrons. The molecule has 0 aliphatic heterocycles. The van der Waals surface area contributed by atoms with E-state index in [9.17, 15) is 18.0 Å². The van der Waals surface area contributed by atoms with Crippen LogP contribution in [0.4, 0.5) is 0 Å². The van der Waals surface area contributed by atoms with E-state index in [1.165, 1.54) is 7.05 Å². The van der Waals surface area contributed by atoms with Crippen LogP contribution in [0.3, 0.4) is 0 Å². The largest absolute Gasteiger partial charge is 0.480 e. The molecular weight excluding hydrogens is 248 g/mol. The van der Waals surface area contributed by atoms with Crippen LogP contribution in [-0.2, 0) is 19.6 Å². The molecule has 1 amide bonds. The van der Waals surface area contributed by atoms with Crippen LogP contribution >= 0.6 is 0 Å². The normalized spacial score (nSPS) is 18.2. The van der Waals surface area contributed by atoms with Crippen molar-refractivity contribution in [2.75, 3.05) is 19.3 Å². The van der Waals surface area contributed by atoms with Crippen LogP contribution in [0.5, 0.6) is 0 Å².